The molecule has 0 saturated carbocycles. The Kier molecular flexibility index (Phi) is 6.10. The van der Waals surface area contributed by atoms with E-state index < -0.39 is 0 Å². The summed E-state index contributed by atoms with van der Waals surface area (Å²) in [7, 11) is 1.60. The Labute approximate surface area is 158 Å². The first-order valence-corrected chi connectivity index (χ1v) is 8.90. The van der Waals surface area contributed by atoms with Gasteiger partial charge in [-0.25, -0.2) is 4.98 Å². The third-order valence-electron chi connectivity index (χ3n) is 3.95. The number of aromatic nitrogens is 2. The Balaban J connectivity index is 1.59. The first kappa shape index (κ1) is 18.5. The second-order valence-corrected chi connectivity index (χ2v) is 6.01. The number of amides is 1. The van der Waals surface area contributed by atoms with Crippen LogP contribution in [0.1, 0.15) is 24.7 Å². The molecular formula is C21H23N3O3. The molecule has 140 valence electrons. The van der Waals surface area contributed by atoms with Crippen molar-refractivity contribution in [1.82, 2.24) is 15.3 Å². The SMILES string of the molecule is CCCOc1ccc(/C=C/C(=O)NCc2nc3ccccc3[nH]2)cc1OC. The molecule has 1 aromatic heterocycles. The van der Waals surface area contributed by atoms with Crippen molar-refractivity contribution in [1.29, 1.82) is 0 Å². The molecule has 0 fully saturated rings. The van der Waals surface area contributed by atoms with Crippen LogP contribution in [0.25, 0.3) is 17.1 Å². The van der Waals surface area contributed by atoms with Gasteiger partial charge >= 0.3 is 0 Å². The van der Waals surface area contributed by atoms with E-state index in [2.05, 4.69) is 15.3 Å². The summed E-state index contributed by atoms with van der Waals surface area (Å²) in [6, 6.07) is 13.3. The number of hydrogen-bond acceptors (Lipinski definition) is 4. The van der Waals surface area contributed by atoms with Gasteiger partial charge < -0.3 is 19.8 Å². The van der Waals surface area contributed by atoms with Crippen LogP contribution in [-0.4, -0.2) is 29.6 Å². The van der Waals surface area contributed by atoms with Gasteiger partial charge in [0.2, 0.25) is 5.91 Å². The van der Waals surface area contributed by atoms with Crippen LogP contribution >= 0.6 is 0 Å². The number of hydrogen-bond donors (Lipinski definition) is 2. The minimum absolute atomic E-state index is 0.194. The maximum absolute atomic E-state index is 12.1. The minimum Gasteiger partial charge on any atom is -0.493 e. The number of imidazole rings is 1. The number of carbonyl (C=O) groups excluding carboxylic acids is 1. The lowest BCUT2D eigenvalue weighted by Gasteiger charge is -2.10. The smallest absolute Gasteiger partial charge is 0.244 e. The monoisotopic (exact) mass is 365 g/mol. The van der Waals surface area contributed by atoms with Crippen LogP contribution in [0, 0.1) is 0 Å². The summed E-state index contributed by atoms with van der Waals surface area (Å²) < 4.78 is 11.0. The molecule has 0 bridgehead atoms. The Morgan fingerprint density at radius 1 is 1.22 bits per heavy atom. The number of fused-ring (bicyclic) bond motifs is 1. The summed E-state index contributed by atoms with van der Waals surface area (Å²) in [4.78, 5) is 19.7. The Morgan fingerprint density at radius 3 is 2.85 bits per heavy atom. The molecule has 2 aromatic carbocycles. The number of carbonyl (C=O) groups is 1. The van der Waals surface area contributed by atoms with Gasteiger partial charge in [-0.1, -0.05) is 25.1 Å². The predicted molar refractivity (Wildman–Crippen MR) is 106 cm³/mol. The molecule has 3 aromatic rings. The van der Waals surface area contributed by atoms with E-state index in [-0.39, 0.29) is 5.91 Å². The van der Waals surface area contributed by atoms with Crippen LogP contribution in [0.2, 0.25) is 0 Å². The van der Waals surface area contributed by atoms with Gasteiger partial charge in [-0.3, -0.25) is 4.79 Å². The lowest BCUT2D eigenvalue weighted by atomic mass is 10.2. The van der Waals surface area contributed by atoms with Gasteiger partial charge in [-0.2, -0.15) is 0 Å². The van der Waals surface area contributed by atoms with Crippen LogP contribution < -0.4 is 14.8 Å². The number of nitrogens with one attached hydrogen (secondary N) is 2. The maximum Gasteiger partial charge on any atom is 0.244 e. The molecule has 0 aliphatic rings. The van der Waals surface area contributed by atoms with Gasteiger partial charge in [-0.15, -0.1) is 0 Å². The molecule has 1 heterocycles. The first-order valence-electron chi connectivity index (χ1n) is 8.90. The Bertz CT molecular complexity index is 914. The van der Waals surface area contributed by atoms with E-state index in [0.717, 1.165) is 28.8 Å². The fourth-order valence-corrected chi connectivity index (χ4v) is 2.61. The number of rotatable bonds is 8. The fourth-order valence-electron chi connectivity index (χ4n) is 2.61. The molecule has 0 aliphatic heterocycles. The van der Waals surface area contributed by atoms with Crippen molar-refractivity contribution in [2.45, 2.75) is 19.9 Å². The van der Waals surface area contributed by atoms with Crippen LogP contribution in [-0.2, 0) is 11.3 Å². The molecule has 27 heavy (non-hydrogen) atoms. The molecule has 0 spiro atoms. The number of ether oxygens (including phenoxy) is 2. The highest BCUT2D eigenvalue weighted by Crippen LogP contribution is 2.28. The molecule has 0 aliphatic carbocycles. The van der Waals surface area contributed by atoms with E-state index in [0.29, 0.717) is 24.7 Å². The Hall–Kier alpha value is -3.28. The lowest BCUT2D eigenvalue weighted by molar-refractivity contribution is -0.116. The standard InChI is InChI=1S/C21H23N3O3/c1-3-12-27-18-10-8-15(13-19(18)26-2)9-11-21(25)22-14-20-23-16-6-4-5-7-17(16)24-20/h4-11,13H,3,12,14H2,1-2H3,(H,22,25)(H,23,24)/b11-9+. The molecule has 6 nitrogen and oxygen atoms in total. The van der Waals surface area contributed by atoms with E-state index in [4.69, 9.17) is 9.47 Å². The van der Waals surface area contributed by atoms with E-state index in [1.165, 1.54) is 6.08 Å². The third kappa shape index (κ3) is 4.88. The topological polar surface area (TPSA) is 76.2 Å². The third-order valence-corrected chi connectivity index (χ3v) is 3.95. The molecule has 0 radical (unpaired) electrons. The highest BCUT2D eigenvalue weighted by Gasteiger charge is 2.05. The molecule has 0 unspecified atom stereocenters. The zero-order valence-electron chi connectivity index (χ0n) is 15.5. The minimum atomic E-state index is -0.194. The van der Waals surface area contributed by atoms with Gasteiger partial charge in [0.05, 0.1) is 31.3 Å². The van der Waals surface area contributed by atoms with Gasteiger partial charge in [0, 0.05) is 6.08 Å². The van der Waals surface area contributed by atoms with Gasteiger partial charge in [0.15, 0.2) is 11.5 Å². The second-order valence-electron chi connectivity index (χ2n) is 6.01. The van der Waals surface area contributed by atoms with Crippen LogP contribution in [0.4, 0.5) is 0 Å². The molecule has 3 rings (SSSR count). The summed E-state index contributed by atoms with van der Waals surface area (Å²) in [5.74, 6) is 1.87. The summed E-state index contributed by atoms with van der Waals surface area (Å²) >= 11 is 0. The van der Waals surface area contributed by atoms with Crippen molar-refractivity contribution < 1.29 is 14.3 Å². The highest BCUT2D eigenvalue weighted by molar-refractivity contribution is 5.91. The average molecular weight is 365 g/mol. The van der Waals surface area contributed by atoms with Crippen molar-refractivity contribution in [3.63, 3.8) is 0 Å². The summed E-state index contributed by atoms with van der Waals surface area (Å²) in [6.07, 6.45) is 4.15. The molecule has 0 atom stereocenters. The van der Waals surface area contributed by atoms with Crippen LogP contribution in [0.15, 0.2) is 48.5 Å². The lowest BCUT2D eigenvalue weighted by Crippen LogP contribution is -2.20. The number of nitrogens with zero attached hydrogens (tertiary/aromatic N) is 1. The van der Waals surface area contributed by atoms with Crippen LogP contribution in [0.3, 0.4) is 0 Å². The zero-order chi connectivity index (χ0) is 19.1. The number of para-hydroxylation sites is 2. The van der Waals surface area contributed by atoms with E-state index in [1.807, 2.05) is 49.4 Å². The number of methoxy groups -OCH3 is 1. The van der Waals surface area contributed by atoms with E-state index in [1.54, 1.807) is 13.2 Å². The normalized spacial score (nSPS) is 11.0. The van der Waals surface area contributed by atoms with Crippen LogP contribution in [0.5, 0.6) is 11.5 Å². The quantitative estimate of drug-likeness (QED) is 0.597. The maximum atomic E-state index is 12.1. The molecule has 0 saturated heterocycles. The van der Waals surface area contributed by atoms with Crippen molar-refractivity contribution in [3.8, 4) is 11.5 Å². The summed E-state index contributed by atoms with van der Waals surface area (Å²) in [6.45, 7) is 3.02. The van der Waals surface area contributed by atoms with E-state index >= 15 is 0 Å². The van der Waals surface area contributed by atoms with Gasteiger partial charge in [0.25, 0.3) is 0 Å². The first-order chi connectivity index (χ1) is 13.2. The zero-order valence-corrected chi connectivity index (χ0v) is 15.5. The second kappa shape index (κ2) is 8.89. The van der Waals surface area contributed by atoms with Crippen molar-refractivity contribution in [2.24, 2.45) is 0 Å². The largest absolute Gasteiger partial charge is 0.493 e. The fraction of sp³-hybridized carbons (Fsp3) is 0.238. The number of benzene rings is 2. The number of aromatic amines is 1. The van der Waals surface area contributed by atoms with Crippen molar-refractivity contribution >= 4 is 23.0 Å². The van der Waals surface area contributed by atoms with E-state index in [9.17, 15) is 4.79 Å². The molecular weight excluding hydrogens is 342 g/mol. The van der Waals surface area contributed by atoms with Crippen molar-refractivity contribution in [2.75, 3.05) is 13.7 Å². The van der Waals surface area contributed by atoms with Gasteiger partial charge in [-0.05, 0) is 42.3 Å². The molecule has 1 amide bonds. The summed E-state index contributed by atoms with van der Waals surface area (Å²) in [5, 5.41) is 2.82. The van der Waals surface area contributed by atoms with Crippen molar-refractivity contribution in [3.05, 3.63) is 59.9 Å². The number of H-pyrrole nitrogens is 1. The van der Waals surface area contributed by atoms with Gasteiger partial charge in [0.1, 0.15) is 5.82 Å². The average Bonchev–Trinajstić information content (AvgIpc) is 3.12. The predicted octanol–water partition coefficient (Wildman–Crippen LogP) is 3.69. The molecule has 6 heteroatoms. The Morgan fingerprint density at radius 2 is 2.07 bits per heavy atom. The molecule has 2 N–H and O–H groups in total. The summed E-state index contributed by atoms with van der Waals surface area (Å²) in [5.41, 5.74) is 2.69. The highest BCUT2D eigenvalue weighted by atomic mass is 16.5.